The summed E-state index contributed by atoms with van der Waals surface area (Å²) in [6.45, 7) is 8.31. The molecule has 0 radical (unpaired) electrons. The SMILES string of the molecule is C/C=C\C[C@H]1C(=O)C[C@@H](O)[C@@H]1/C=C/C(C)(C)C. The number of Topliss-reactive ketones (excluding diaryl/α,β-unsaturated/α-hetero) is 1. The molecule has 0 bridgehead atoms. The van der Waals surface area contributed by atoms with E-state index in [1.54, 1.807) is 0 Å². The number of carbonyl (C=O) groups is 1. The number of aliphatic hydroxyl groups is 1. The lowest BCUT2D eigenvalue weighted by Gasteiger charge is -2.18. The fourth-order valence-electron chi connectivity index (χ4n) is 2.21. The summed E-state index contributed by atoms with van der Waals surface area (Å²) in [4.78, 5) is 11.8. The molecule has 0 aromatic rings. The second-order valence-corrected chi connectivity index (χ2v) is 5.95. The van der Waals surface area contributed by atoms with E-state index in [0.717, 1.165) is 6.42 Å². The lowest BCUT2D eigenvalue weighted by Crippen LogP contribution is -2.18. The molecule has 0 spiro atoms. The summed E-state index contributed by atoms with van der Waals surface area (Å²) in [6, 6.07) is 0. The van der Waals surface area contributed by atoms with Gasteiger partial charge in [0.15, 0.2) is 0 Å². The summed E-state index contributed by atoms with van der Waals surface area (Å²) in [5.41, 5.74) is 0.0938. The van der Waals surface area contributed by atoms with E-state index in [-0.39, 0.29) is 23.0 Å². The van der Waals surface area contributed by atoms with Crippen molar-refractivity contribution < 1.29 is 9.90 Å². The summed E-state index contributed by atoms with van der Waals surface area (Å²) in [7, 11) is 0. The summed E-state index contributed by atoms with van der Waals surface area (Å²) in [5, 5.41) is 9.93. The smallest absolute Gasteiger partial charge is 0.139 e. The van der Waals surface area contributed by atoms with E-state index < -0.39 is 6.10 Å². The molecule has 2 nitrogen and oxygen atoms in total. The standard InChI is InChI=1S/C15H24O2/c1-5-6-7-11-12(8-9-15(2,3)4)14(17)10-13(11)16/h5-6,8-9,11-12,14,17H,7,10H2,1-4H3/b6-5-,9-8+/t11-,12-,14-/m1/s1. The molecule has 0 aromatic heterocycles. The third-order valence-corrected chi connectivity index (χ3v) is 3.18. The lowest BCUT2D eigenvalue weighted by atomic mass is 9.87. The number of allylic oxidation sites excluding steroid dienone is 3. The zero-order valence-electron chi connectivity index (χ0n) is 11.3. The van der Waals surface area contributed by atoms with Crippen LogP contribution in [0.5, 0.6) is 0 Å². The van der Waals surface area contributed by atoms with Crippen molar-refractivity contribution in [3.63, 3.8) is 0 Å². The van der Waals surface area contributed by atoms with Crippen LogP contribution >= 0.6 is 0 Å². The van der Waals surface area contributed by atoms with E-state index in [2.05, 4.69) is 26.8 Å². The normalized spacial score (nSPS) is 30.9. The van der Waals surface area contributed by atoms with Crippen LogP contribution in [0, 0.1) is 17.3 Å². The van der Waals surface area contributed by atoms with E-state index in [9.17, 15) is 9.90 Å². The highest BCUT2D eigenvalue weighted by Crippen LogP contribution is 2.34. The zero-order chi connectivity index (χ0) is 13.1. The first-order valence-electron chi connectivity index (χ1n) is 6.36. The van der Waals surface area contributed by atoms with Crippen LogP contribution in [0.25, 0.3) is 0 Å². The molecule has 0 aromatic carbocycles. The summed E-state index contributed by atoms with van der Waals surface area (Å²) in [5.74, 6) is 0.136. The molecule has 1 rings (SSSR count). The molecule has 0 unspecified atom stereocenters. The van der Waals surface area contributed by atoms with E-state index in [4.69, 9.17) is 0 Å². The highest BCUT2D eigenvalue weighted by atomic mass is 16.3. The van der Waals surface area contributed by atoms with Gasteiger partial charge in [-0.2, -0.15) is 0 Å². The van der Waals surface area contributed by atoms with Crippen molar-refractivity contribution in [1.29, 1.82) is 0 Å². The molecule has 0 amide bonds. The molecule has 96 valence electrons. The molecule has 1 aliphatic carbocycles. The largest absolute Gasteiger partial charge is 0.392 e. The first-order chi connectivity index (χ1) is 7.85. The Kier molecular flexibility index (Phi) is 4.70. The number of ketones is 1. The minimum atomic E-state index is -0.503. The molecule has 0 aliphatic heterocycles. The van der Waals surface area contributed by atoms with Gasteiger partial charge in [-0.25, -0.2) is 0 Å². The van der Waals surface area contributed by atoms with Crippen LogP contribution in [0.1, 0.15) is 40.5 Å². The van der Waals surface area contributed by atoms with Gasteiger partial charge in [-0.05, 0) is 18.8 Å². The Morgan fingerprint density at radius 1 is 1.41 bits per heavy atom. The second-order valence-electron chi connectivity index (χ2n) is 5.95. The zero-order valence-corrected chi connectivity index (χ0v) is 11.3. The Labute approximate surface area is 104 Å². The predicted molar refractivity (Wildman–Crippen MR) is 70.6 cm³/mol. The molecule has 0 saturated heterocycles. The second kappa shape index (κ2) is 5.63. The van der Waals surface area contributed by atoms with Crippen LogP contribution < -0.4 is 0 Å². The molecule has 3 atom stereocenters. The average molecular weight is 236 g/mol. The van der Waals surface area contributed by atoms with Crippen LogP contribution in [0.4, 0.5) is 0 Å². The Morgan fingerprint density at radius 3 is 2.59 bits per heavy atom. The third kappa shape index (κ3) is 4.12. The van der Waals surface area contributed by atoms with Crippen molar-refractivity contribution in [2.24, 2.45) is 17.3 Å². The highest BCUT2D eigenvalue weighted by Gasteiger charge is 2.39. The minimum Gasteiger partial charge on any atom is -0.392 e. The van der Waals surface area contributed by atoms with Gasteiger partial charge < -0.3 is 5.11 Å². The molecule has 1 fully saturated rings. The predicted octanol–water partition coefficient (Wildman–Crippen LogP) is 3.12. The molecule has 17 heavy (non-hydrogen) atoms. The molecule has 1 aliphatic rings. The molecular formula is C15H24O2. The van der Waals surface area contributed by atoms with Gasteiger partial charge in [0.1, 0.15) is 5.78 Å². The Hall–Kier alpha value is -0.890. The number of carbonyl (C=O) groups excluding carboxylic acids is 1. The highest BCUT2D eigenvalue weighted by molar-refractivity contribution is 5.84. The minimum absolute atomic E-state index is 0.0158. The van der Waals surface area contributed by atoms with E-state index in [1.165, 1.54) is 0 Å². The van der Waals surface area contributed by atoms with E-state index >= 15 is 0 Å². The van der Waals surface area contributed by atoms with Crippen LogP contribution in [0.3, 0.4) is 0 Å². The fraction of sp³-hybridized carbons (Fsp3) is 0.667. The molecular weight excluding hydrogens is 212 g/mol. The van der Waals surface area contributed by atoms with Crippen LogP contribution in [-0.2, 0) is 4.79 Å². The third-order valence-electron chi connectivity index (χ3n) is 3.18. The number of rotatable bonds is 3. The molecule has 1 N–H and O–H groups in total. The van der Waals surface area contributed by atoms with E-state index in [0.29, 0.717) is 6.42 Å². The monoisotopic (exact) mass is 236 g/mol. The first-order valence-corrected chi connectivity index (χ1v) is 6.36. The molecule has 0 heterocycles. The van der Waals surface area contributed by atoms with Crippen molar-refractivity contribution in [1.82, 2.24) is 0 Å². The van der Waals surface area contributed by atoms with Crippen molar-refractivity contribution in [2.45, 2.75) is 46.6 Å². The number of hydrogen-bond donors (Lipinski definition) is 1. The van der Waals surface area contributed by atoms with Crippen LogP contribution in [-0.4, -0.2) is 17.0 Å². The summed E-state index contributed by atoms with van der Waals surface area (Å²) in [6.07, 6.45) is 8.65. The van der Waals surface area contributed by atoms with Gasteiger partial charge in [-0.15, -0.1) is 0 Å². The van der Waals surface area contributed by atoms with Crippen LogP contribution in [0.2, 0.25) is 0 Å². The number of hydrogen-bond acceptors (Lipinski definition) is 2. The van der Waals surface area contributed by atoms with Gasteiger partial charge in [0.25, 0.3) is 0 Å². The Bertz CT molecular complexity index is 320. The maximum Gasteiger partial charge on any atom is 0.139 e. The fourth-order valence-corrected chi connectivity index (χ4v) is 2.21. The van der Waals surface area contributed by atoms with E-state index in [1.807, 2.05) is 25.2 Å². The van der Waals surface area contributed by atoms with Gasteiger partial charge in [0, 0.05) is 18.3 Å². The Morgan fingerprint density at radius 2 is 2.06 bits per heavy atom. The van der Waals surface area contributed by atoms with Gasteiger partial charge in [-0.1, -0.05) is 45.1 Å². The van der Waals surface area contributed by atoms with Crippen LogP contribution in [0.15, 0.2) is 24.3 Å². The quantitative estimate of drug-likeness (QED) is 0.764. The topological polar surface area (TPSA) is 37.3 Å². The maximum absolute atomic E-state index is 11.8. The maximum atomic E-state index is 11.8. The average Bonchev–Trinajstić information content (AvgIpc) is 2.46. The van der Waals surface area contributed by atoms with Gasteiger partial charge in [-0.3, -0.25) is 4.79 Å². The van der Waals surface area contributed by atoms with Crippen molar-refractivity contribution in [3.05, 3.63) is 24.3 Å². The Balaban J connectivity index is 2.78. The summed E-state index contributed by atoms with van der Waals surface area (Å²) < 4.78 is 0. The van der Waals surface area contributed by atoms with Crippen molar-refractivity contribution in [2.75, 3.05) is 0 Å². The molecule has 1 saturated carbocycles. The molecule has 2 heteroatoms. The van der Waals surface area contributed by atoms with Gasteiger partial charge >= 0.3 is 0 Å². The van der Waals surface area contributed by atoms with Gasteiger partial charge in [0.2, 0.25) is 0 Å². The van der Waals surface area contributed by atoms with Crippen molar-refractivity contribution in [3.8, 4) is 0 Å². The van der Waals surface area contributed by atoms with Crippen molar-refractivity contribution >= 4 is 5.78 Å². The number of aliphatic hydroxyl groups excluding tert-OH is 1. The first kappa shape index (κ1) is 14.2. The lowest BCUT2D eigenvalue weighted by molar-refractivity contribution is -0.121. The van der Waals surface area contributed by atoms with Gasteiger partial charge in [0.05, 0.1) is 6.10 Å². The summed E-state index contributed by atoms with van der Waals surface area (Å²) >= 11 is 0.